The monoisotopic (exact) mass is 641 g/mol. The van der Waals surface area contributed by atoms with Crippen LogP contribution in [0, 0.1) is 5.92 Å². The molecule has 1 aromatic rings. The number of carbonyl (C=O) groups is 4. The molecule has 1 aromatic carbocycles. The first kappa shape index (κ1) is 32.9. The van der Waals surface area contributed by atoms with E-state index < -0.39 is 42.4 Å². The van der Waals surface area contributed by atoms with Gasteiger partial charge in [-0.2, -0.15) is 0 Å². The minimum Gasteiger partial charge on any atom is -0.493 e. The third kappa shape index (κ3) is 6.28. The van der Waals surface area contributed by atoms with Crippen LogP contribution in [0.2, 0.25) is 0 Å². The van der Waals surface area contributed by atoms with Crippen molar-refractivity contribution in [2.24, 2.45) is 22.4 Å². The summed E-state index contributed by atoms with van der Waals surface area (Å²) in [5, 5.41) is 14.0. The van der Waals surface area contributed by atoms with Gasteiger partial charge in [0.05, 0.1) is 7.11 Å². The zero-order valence-electron chi connectivity index (χ0n) is 26.4. The maximum Gasteiger partial charge on any atom is 0.414 e. The summed E-state index contributed by atoms with van der Waals surface area (Å²) in [6.45, 7) is 1.32. The van der Waals surface area contributed by atoms with Gasteiger partial charge in [0.25, 0.3) is 0 Å². The number of benzene rings is 1. The van der Waals surface area contributed by atoms with Gasteiger partial charge >= 0.3 is 12.1 Å². The number of nitrogens with zero attached hydrogens (tertiary/aromatic N) is 3. The number of amides is 3. The number of rotatable bonds is 13. The maximum atomic E-state index is 13.3. The number of hydrogen-bond acceptors (Lipinski definition) is 9. The van der Waals surface area contributed by atoms with Crippen molar-refractivity contribution in [3.8, 4) is 11.5 Å². The Morgan fingerprint density at radius 2 is 2.07 bits per heavy atom. The van der Waals surface area contributed by atoms with Crippen LogP contribution in [-0.4, -0.2) is 110 Å². The van der Waals surface area contributed by atoms with Crippen molar-refractivity contribution in [2.45, 2.75) is 62.1 Å². The molecule has 250 valence electrons. The van der Waals surface area contributed by atoms with Crippen molar-refractivity contribution in [3.63, 3.8) is 0 Å². The fourth-order valence-electron chi connectivity index (χ4n) is 7.46. The Labute approximate surface area is 267 Å². The standard InChI is InChI=1S/C31H43N7O8/c1-37-13-10-31-18-7-9-22(27(31)46-26-21(44-3)8-6-17(25(26)31)15-20(18)37)45-30(43)38(2)14-12-34-28(42)19(5-4-11-35-29(32)33)36-23(39)16-24(40)41/h6,8-9,18-20,27H,4-5,7,10-16H2,1-3H3,(H,34,42)(H,36,39)(H,40,41)(H4,32,33,35)/t18-,19-,20+,27-,31-/m0/s1. The lowest BCUT2D eigenvalue weighted by Crippen LogP contribution is -2.63. The number of allylic oxidation sites excluding steroid dienone is 1. The molecule has 2 bridgehead atoms. The molecule has 3 amide bonds. The van der Waals surface area contributed by atoms with Crippen molar-refractivity contribution in [1.82, 2.24) is 20.4 Å². The number of nitrogens with one attached hydrogen (secondary N) is 2. The molecule has 0 saturated carbocycles. The molecular weight excluding hydrogens is 598 g/mol. The Balaban J connectivity index is 1.21. The van der Waals surface area contributed by atoms with Crippen molar-refractivity contribution in [1.29, 1.82) is 0 Å². The Morgan fingerprint density at radius 1 is 1.28 bits per heavy atom. The van der Waals surface area contributed by atoms with Crippen LogP contribution in [0.3, 0.4) is 0 Å². The van der Waals surface area contributed by atoms with E-state index in [0.29, 0.717) is 29.9 Å². The number of likely N-dealkylation sites (N-methyl/N-ethyl adjacent to an activating group) is 2. The number of carboxylic acids is 1. The molecule has 5 atom stereocenters. The van der Waals surface area contributed by atoms with Crippen LogP contribution in [-0.2, 0) is 31.0 Å². The molecule has 0 unspecified atom stereocenters. The van der Waals surface area contributed by atoms with E-state index in [4.69, 9.17) is 30.8 Å². The van der Waals surface area contributed by atoms with Gasteiger partial charge in [0.15, 0.2) is 23.6 Å². The zero-order chi connectivity index (χ0) is 33.2. The summed E-state index contributed by atoms with van der Waals surface area (Å²) in [5.74, 6) is -0.534. The van der Waals surface area contributed by atoms with E-state index in [2.05, 4.69) is 33.6 Å². The largest absolute Gasteiger partial charge is 0.493 e. The van der Waals surface area contributed by atoms with Crippen LogP contribution < -0.4 is 31.6 Å². The van der Waals surface area contributed by atoms with Crippen LogP contribution in [0.4, 0.5) is 4.79 Å². The van der Waals surface area contributed by atoms with Gasteiger partial charge in [-0.15, -0.1) is 0 Å². The lowest BCUT2D eigenvalue weighted by atomic mass is 9.53. The molecule has 5 rings (SSSR count). The lowest BCUT2D eigenvalue weighted by Gasteiger charge is -2.56. The van der Waals surface area contributed by atoms with E-state index in [9.17, 15) is 19.2 Å². The Bertz CT molecular complexity index is 1440. The SMILES string of the molecule is COc1ccc2c3c1O[C@H]1C(OC(=O)N(C)CCNC(=O)[C@H](CCCN=C(N)N)NC(=O)CC(=O)O)=CC[C@H]4[C@@H](C2)N(C)CC[C@]314. The Hall–Kier alpha value is -4.53. The molecule has 1 spiro atoms. The van der Waals surface area contributed by atoms with Gasteiger partial charge in [-0.05, 0) is 69.3 Å². The number of hydrogen-bond donors (Lipinski definition) is 5. The van der Waals surface area contributed by atoms with Gasteiger partial charge < -0.3 is 51.2 Å². The number of nitrogens with two attached hydrogens (primary N) is 2. The smallest absolute Gasteiger partial charge is 0.414 e. The molecule has 0 radical (unpaired) electrons. The molecule has 1 fully saturated rings. The van der Waals surface area contributed by atoms with Crippen molar-refractivity contribution in [2.75, 3.05) is 47.4 Å². The minimum atomic E-state index is -1.31. The molecule has 46 heavy (non-hydrogen) atoms. The van der Waals surface area contributed by atoms with Crippen molar-refractivity contribution in [3.05, 3.63) is 35.1 Å². The fourth-order valence-corrected chi connectivity index (χ4v) is 7.46. The average molecular weight is 642 g/mol. The molecule has 2 aliphatic carbocycles. The van der Waals surface area contributed by atoms with Crippen LogP contribution in [0.25, 0.3) is 0 Å². The summed E-state index contributed by atoms with van der Waals surface area (Å²) in [6.07, 6.45) is 3.25. The lowest BCUT2D eigenvalue weighted by molar-refractivity contribution is -0.141. The normalized spacial score (nSPS) is 24.3. The number of likely N-dealkylation sites (tertiary alicyclic amines) is 1. The second-order valence-electron chi connectivity index (χ2n) is 12.3. The van der Waals surface area contributed by atoms with E-state index >= 15 is 0 Å². The van der Waals surface area contributed by atoms with Crippen molar-refractivity contribution < 1.29 is 38.5 Å². The van der Waals surface area contributed by atoms with Gasteiger partial charge in [-0.3, -0.25) is 19.4 Å². The molecule has 2 aliphatic heterocycles. The van der Waals surface area contributed by atoms with Crippen LogP contribution in [0.15, 0.2) is 29.0 Å². The quantitative estimate of drug-likeness (QED) is 0.0841. The number of ether oxygens (including phenoxy) is 3. The van der Waals surface area contributed by atoms with Gasteiger partial charge in [0, 0.05) is 43.7 Å². The number of aliphatic carboxylic acids is 1. The average Bonchev–Trinajstić information content (AvgIpc) is 3.36. The summed E-state index contributed by atoms with van der Waals surface area (Å²) in [7, 11) is 5.37. The Morgan fingerprint density at radius 3 is 2.78 bits per heavy atom. The molecule has 15 nitrogen and oxygen atoms in total. The highest BCUT2D eigenvalue weighted by Gasteiger charge is 2.64. The molecule has 4 aliphatic rings. The molecule has 2 heterocycles. The summed E-state index contributed by atoms with van der Waals surface area (Å²) >= 11 is 0. The number of aliphatic imine (C=N–C) groups is 1. The number of guanidine groups is 1. The molecule has 7 N–H and O–H groups in total. The molecule has 0 aromatic heterocycles. The highest BCUT2D eigenvalue weighted by molar-refractivity contribution is 5.96. The minimum absolute atomic E-state index is 0.0641. The highest BCUT2D eigenvalue weighted by atomic mass is 16.6. The highest BCUT2D eigenvalue weighted by Crippen LogP contribution is 2.63. The van der Waals surface area contributed by atoms with Crippen LogP contribution in [0.5, 0.6) is 11.5 Å². The van der Waals surface area contributed by atoms with E-state index in [-0.39, 0.29) is 37.4 Å². The summed E-state index contributed by atoms with van der Waals surface area (Å²) in [5.41, 5.74) is 12.8. The topological polar surface area (TPSA) is 211 Å². The van der Waals surface area contributed by atoms with Crippen LogP contribution in [0.1, 0.15) is 43.2 Å². The first-order valence-corrected chi connectivity index (χ1v) is 15.5. The van der Waals surface area contributed by atoms with Gasteiger partial charge in [-0.25, -0.2) is 4.79 Å². The van der Waals surface area contributed by atoms with E-state index in [1.165, 1.54) is 16.0 Å². The maximum absolute atomic E-state index is 13.3. The summed E-state index contributed by atoms with van der Waals surface area (Å²) < 4.78 is 18.3. The summed E-state index contributed by atoms with van der Waals surface area (Å²) in [4.78, 5) is 56.8. The molecular formula is C31H43N7O8. The second-order valence-corrected chi connectivity index (χ2v) is 12.3. The van der Waals surface area contributed by atoms with Crippen LogP contribution >= 0.6 is 0 Å². The van der Waals surface area contributed by atoms with Gasteiger partial charge in [0.2, 0.25) is 11.8 Å². The number of carbonyl (C=O) groups excluding carboxylic acids is 3. The third-order valence-corrected chi connectivity index (χ3v) is 9.60. The van der Waals surface area contributed by atoms with E-state index in [1.807, 2.05) is 12.1 Å². The Kier molecular flexibility index (Phi) is 9.60. The van der Waals surface area contributed by atoms with E-state index in [1.54, 1.807) is 14.2 Å². The zero-order valence-corrected chi connectivity index (χ0v) is 26.4. The number of piperidine rings is 1. The third-order valence-electron chi connectivity index (χ3n) is 9.60. The molecule has 15 heteroatoms. The number of carboxylic acid groups (broad SMARTS) is 1. The van der Waals surface area contributed by atoms with Gasteiger partial charge in [-0.1, -0.05) is 6.07 Å². The first-order chi connectivity index (χ1) is 22.0. The molecule has 1 saturated heterocycles. The first-order valence-electron chi connectivity index (χ1n) is 15.5. The predicted octanol–water partition coefficient (Wildman–Crippen LogP) is 0.0557. The summed E-state index contributed by atoms with van der Waals surface area (Å²) in [6, 6.07) is 3.43. The van der Waals surface area contributed by atoms with Gasteiger partial charge in [0.1, 0.15) is 18.2 Å². The predicted molar refractivity (Wildman–Crippen MR) is 166 cm³/mol. The van der Waals surface area contributed by atoms with Crippen molar-refractivity contribution >= 4 is 29.8 Å². The number of methoxy groups -OCH3 is 1. The second kappa shape index (κ2) is 13.4. The van der Waals surface area contributed by atoms with E-state index in [0.717, 1.165) is 31.6 Å². The fraction of sp³-hybridized carbons (Fsp3) is 0.581.